The number of rotatable bonds is 1. The third-order valence-electron chi connectivity index (χ3n) is 3.03. The van der Waals surface area contributed by atoms with Crippen LogP contribution in [0, 0.1) is 12.7 Å². The Morgan fingerprint density at radius 3 is 2.57 bits per heavy atom. The van der Waals surface area contributed by atoms with Crippen LogP contribution in [0.3, 0.4) is 0 Å². The zero-order valence-electron chi connectivity index (χ0n) is 10.6. The van der Waals surface area contributed by atoms with E-state index in [4.69, 9.17) is 0 Å². The van der Waals surface area contributed by atoms with E-state index in [2.05, 4.69) is 19.9 Å². The molecule has 0 radical (unpaired) electrons. The summed E-state index contributed by atoms with van der Waals surface area (Å²) in [5, 5.41) is 6.98. The van der Waals surface area contributed by atoms with Crippen molar-refractivity contribution in [1.82, 2.24) is 15.3 Å². The standard InChI is InChI=1S/C13H7F4N3O/c1-6-2-9(13(15,16)17)8(4-10(6)14)7-3-11-12(18-5-7)20-21-19-11/h2-5H,1H3. The van der Waals surface area contributed by atoms with Gasteiger partial charge in [0.15, 0.2) is 5.52 Å². The van der Waals surface area contributed by atoms with E-state index in [9.17, 15) is 17.6 Å². The van der Waals surface area contributed by atoms with Gasteiger partial charge in [0.1, 0.15) is 5.82 Å². The number of hydrogen-bond acceptors (Lipinski definition) is 4. The lowest BCUT2D eigenvalue weighted by atomic mass is 9.98. The average molecular weight is 297 g/mol. The number of benzene rings is 1. The fraction of sp³-hybridized carbons (Fsp3) is 0.154. The highest BCUT2D eigenvalue weighted by atomic mass is 19.4. The number of hydrogen-bond donors (Lipinski definition) is 0. The molecule has 0 aliphatic carbocycles. The van der Waals surface area contributed by atoms with Crippen LogP contribution in [-0.2, 0) is 6.18 Å². The van der Waals surface area contributed by atoms with Crippen molar-refractivity contribution in [3.63, 3.8) is 0 Å². The molecule has 0 amide bonds. The molecule has 108 valence electrons. The molecule has 0 saturated carbocycles. The molecule has 0 aliphatic heterocycles. The maximum atomic E-state index is 13.7. The summed E-state index contributed by atoms with van der Waals surface area (Å²) >= 11 is 0. The summed E-state index contributed by atoms with van der Waals surface area (Å²) in [6.07, 6.45) is -3.43. The van der Waals surface area contributed by atoms with E-state index in [1.54, 1.807) is 0 Å². The van der Waals surface area contributed by atoms with Crippen molar-refractivity contribution >= 4 is 11.2 Å². The first-order valence-electron chi connectivity index (χ1n) is 5.82. The highest BCUT2D eigenvalue weighted by molar-refractivity contribution is 5.78. The molecule has 0 fully saturated rings. The molecule has 0 spiro atoms. The molecule has 0 unspecified atom stereocenters. The molecule has 1 aromatic carbocycles. The van der Waals surface area contributed by atoms with Crippen molar-refractivity contribution in [1.29, 1.82) is 0 Å². The Bertz CT molecular complexity index is 826. The molecule has 21 heavy (non-hydrogen) atoms. The zero-order valence-corrected chi connectivity index (χ0v) is 10.6. The van der Waals surface area contributed by atoms with Crippen molar-refractivity contribution in [3.05, 3.63) is 41.3 Å². The number of pyridine rings is 1. The summed E-state index contributed by atoms with van der Waals surface area (Å²) in [6.45, 7) is 1.28. The van der Waals surface area contributed by atoms with E-state index in [0.717, 1.165) is 12.1 Å². The molecule has 3 rings (SSSR count). The monoisotopic (exact) mass is 297 g/mol. The first-order chi connectivity index (χ1) is 9.86. The minimum Gasteiger partial charge on any atom is -0.242 e. The maximum absolute atomic E-state index is 13.7. The van der Waals surface area contributed by atoms with Crippen LogP contribution in [-0.4, -0.2) is 15.3 Å². The maximum Gasteiger partial charge on any atom is 0.417 e. The molecular formula is C13H7F4N3O. The van der Waals surface area contributed by atoms with Gasteiger partial charge in [-0.2, -0.15) is 13.2 Å². The van der Waals surface area contributed by atoms with Gasteiger partial charge in [-0.1, -0.05) is 0 Å². The van der Waals surface area contributed by atoms with Crippen molar-refractivity contribution < 1.29 is 22.2 Å². The summed E-state index contributed by atoms with van der Waals surface area (Å²) in [5.41, 5.74) is -0.865. The van der Waals surface area contributed by atoms with Gasteiger partial charge in [-0.25, -0.2) is 14.0 Å². The lowest BCUT2D eigenvalue weighted by molar-refractivity contribution is -0.137. The molecule has 0 saturated heterocycles. The van der Waals surface area contributed by atoms with Gasteiger partial charge in [0.05, 0.1) is 5.56 Å². The van der Waals surface area contributed by atoms with Crippen LogP contribution in [0.2, 0.25) is 0 Å². The minimum absolute atomic E-state index is 0.0804. The van der Waals surface area contributed by atoms with Gasteiger partial charge in [0.2, 0.25) is 5.65 Å². The summed E-state index contributed by atoms with van der Waals surface area (Å²) < 4.78 is 57.4. The van der Waals surface area contributed by atoms with Crippen LogP contribution >= 0.6 is 0 Å². The smallest absolute Gasteiger partial charge is 0.242 e. The Morgan fingerprint density at radius 1 is 1.10 bits per heavy atom. The predicted molar refractivity (Wildman–Crippen MR) is 64.7 cm³/mol. The predicted octanol–water partition coefficient (Wildman–Crippen LogP) is 3.75. The van der Waals surface area contributed by atoms with Crippen LogP contribution in [0.15, 0.2) is 29.0 Å². The summed E-state index contributed by atoms with van der Waals surface area (Å²) in [5.74, 6) is -0.726. The zero-order chi connectivity index (χ0) is 15.2. The highest BCUT2D eigenvalue weighted by Crippen LogP contribution is 2.38. The molecule has 0 aliphatic rings. The third-order valence-corrected chi connectivity index (χ3v) is 3.03. The molecule has 4 nitrogen and oxygen atoms in total. The molecule has 0 atom stereocenters. The topological polar surface area (TPSA) is 51.8 Å². The van der Waals surface area contributed by atoms with E-state index in [1.165, 1.54) is 19.2 Å². The van der Waals surface area contributed by atoms with E-state index in [1.807, 2.05) is 0 Å². The Balaban J connectivity index is 2.27. The summed E-state index contributed by atoms with van der Waals surface area (Å²) in [7, 11) is 0. The van der Waals surface area contributed by atoms with Crippen LogP contribution < -0.4 is 0 Å². The van der Waals surface area contributed by atoms with E-state index < -0.39 is 17.6 Å². The third kappa shape index (κ3) is 2.32. The average Bonchev–Trinajstić information content (AvgIpc) is 2.87. The molecule has 2 heterocycles. The Kier molecular flexibility index (Phi) is 2.89. The first kappa shape index (κ1) is 13.5. The van der Waals surface area contributed by atoms with Crippen LogP contribution in [0.5, 0.6) is 0 Å². The van der Waals surface area contributed by atoms with Gasteiger partial charge in [-0.3, -0.25) is 0 Å². The quantitative estimate of drug-likeness (QED) is 0.642. The number of aromatic nitrogens is 3. The largest absolute Gasteiger partial charge is 0.417 e. The summed E-state index contributed by atoms with van der Waals surface area (Å²) in [4.78, 5) is 3.84. The Hall–Kier alpha value is -2.51. The van der Waals surface area contributed by atoms with Gasteiger partial charge in [-0.15, -0.1) is 0 Å². The molecule has 0 N–H and O–H groups in total. The second-order valence-electron chi connectivity index (χ2n) is 4.48. The highest BCUT2D eigenvalue weighted by Gasteiger charge is 2.34. The normalized spacial score (nSPS) is 12.0. The number of alkyl halides is 3. The SMILES string of the molecule is Cc1cc(C(F)(F)F)c(-c2cnc3nonc3c2)cc1F. The van der Waals surface area contributed by atoms with Crippen molar-refractivity contribution in [3.8, 4) is 11.1 Å². The van der Waals surface area contributed by atoms with Gasteiger partial charge in [0, 0.05) is 11.8 Å². The van der Waals surface area contributed by atoms with Gasteiger partial charge >= 0.3 is 6.18 Å². The second kappa shape index (κ2) is 4.51. The van der Waals surface area contributed by atoms with Crippen molar-refractivity contribution in [2.75, 3.05) is 0 Å². The van der Waals surface area contributed by atoms with Gasteiger partial charge < -0.3 is 0 Å². The number of fused-ring (bicyclic) bond motifs is 1. The van der Waals surface area contributed by atoms with Crippen LogP contribution in [0.4, 0.5) is 17.6 Å². The van der Waals surface area contributed by atoms with Gasteiger partial charge in [0.25, 0.3) is 0 Å². The lowest BCUT2D eigenvalue weighted by Crippen LogP contribution is -2.08. The van der Waals surface area contributed by atoms with Gasteiger partial charge in [-0.05, 0) is 46.6 Å². The summed E-state index contributed by atoms with van der Waals surface area (Å²) in [6, 6.07) is 2.93. The Morgan fingerprint density at radius 2 is 1.86 bits per heavy atom. The van der Waals surface area contributed by atoms with Crippen LogP contribution in [0.25, 0.3) is 22.3 Å². The molecule has 8 heteroatoms. The minimum atomic E-state index is -4.61. The van der Waals surface area contributed by atoms with E-state index in [0.29, 0.717) is 0 Å². The van der Waals surface area contributed by atoms with Crippen molar-refractivity contribution in [2.45, 2.75) is 13.1 Å². The fourth-order valence-corrected chi connectivity index (χ4v) is 1.99. The van der Waals surface area contributed by atoms with E-state index >= 15 is 0 Å². The first-order valence-corrected chi connectivity index (χ1v) is 5.82. The fourth-order valence-electron chi connectivity index (χ4n) is 1.99. The van der Waals surface area contributed by atoms with E-state index in [-0.39, 0.29) is 27.9 Å². The molecule has 0 bridgehead atoms. The lowest BCUT2D eigenvalue weighted by Gasteiger charge is -2.14. The second-order valence-corrected chi connectivity index (χ2v) is 4.48. The van der Waals surface area contributed by atoms with Crippen LogP contribution in [0.1, 0.15) is 11.1 Å². The number of aryl methyl sites for hydroxylation is 1. The molecule has 3 aromatic rings. The van der Waals surface area contributed by atoms with Crippen molar-refractivity contribution in [2.24, 2.45) is 0 Å². The number of nitrogens with zero attached hydrogens (tertiary/aromatic N) is 3. The Labute approximate surface area is 115 Å². The number of halogens is 4. The molecule has 2 aromatic heterocycles. The molecular weight excluding hydrogens is 290 g/mol.